The number of primary amides is 1. The van der Waals surface area contributed by atoms with E-state index in [1.165, 1.54) is 10.4 Å². The van der Waals surface area contributed by atoms with Crippen LogP contribution < -0.4 is 11.1 Å². The van der Waals surface area contributed by atoms with E-state index in [-0.39, 0.29) is 18.4 Å². The van der Waals surface area contributed by atoms with Crippen LogP contribution in [0.1, 0.15) is 27.1 Å². The van der Waals surface area contributed by atoms with Crippen molar-refractivity contribution in [1.82, 2.24) is 4.90 Å². The third kappa shape index (κ3) is 3.60. The van der Waals surface area contributed by atoms with Crippen LogP contribution in [0.4, 0.5) is 5.00 Å². The second-order valence-corrected chi connectivity index (χ2v) is 7.81. The standard InChI is InChI=1S/C19H23N3O2S/c1-11-12(2)19(25-13(11)3)21-17(23)10-22-9-15-7-5-4-6-14(15)8-16(22)18(20)24/h4-7,16H,8-10H2,1-3H3,(H2,20,24)(H,21,23)/t16-/m0/s1. The Morgan fingerprint density at radius 2 is 1.88 bits per heavy atom. The Kier molecular flexibility index (Phi) is 4.92. The predicted octanol–water partition coefficient (Wildman–Crippen LogP) is 2.52. The molecule has 2 aromatic rings. The molecule has 0 spiro atoms. The molecule has 2 heterocycles. The zero-order chi connectivity index (χ0) is 18.1. The molecule has 1 aromatic carbocycles. The van der Waals surface area contributed by atoms with Crippen molar-refractivity contribution in [2.24, 2.45) is 5.73 Å². The van der Waals surface area contributed by atoms with E-state index in [0.717, 1.165) is 21.7 Å². The number of carbonyl (C=O) groups is 2. The molecule has 0 saturated carbocycles. The number of nitrogens with one attached hydrogen (secondary N) is 1. The summed E-state index contributed by atoms with van der Waals surface area (Å²) in [4.78, 5) is 27.5. The highest BCUT2D eigenvalue weighted by Crippen LogP contribution is 2.31. The van der Waals surface area contributed by atoms with Crippen LogP contribution in [0.5, 0.6) is 0 Å². The fraction of sp³-hybridized carbons (Fsp3) is 0.368. The molecule has 6 heteroatoms. The SMILES string of the molecule is Cc1sc(NC(=O)CN2Cc3ccccc3C[C@H]2C(N)=O)c(C)c1C. The van der Waals surface area contributed by atoms with Crippen molar-refractivity contribution >= 4 is 28.2 Å². The molecule has 0 radical (unpaired) electrons. The summed E-state index contributed by atoms with van der Waals surface area (Å²) in [6.07, 6.45) is 0.551. The van der Waals surface area contributed by atoms with Gasteiger partial charge >= 0.3 is 0 Å². The fourth-order valence-corrected chi connectivity index (χ4v) is 4.32. The number of aryl methyl sites for hydroxylation is 1. The Morgan fingerprint density at radius 3 is 2.48 bits per heavy atom. The van der Waals surface area contributed by atoms with Gasteiger partial charge in [-0.05, 0) is 49.4 Å². The molecule has 0 fully saturated rings. The molecule has 132 valence electrons. The topological polar surface area (TPSA) is 75.4 Å². The van der Waals surface area contributed by atoms with E-state index < -0.39 is 6.04 Å². The molecule has 3 rings (SSSR count). The molecule has 0 bridgehead atoms. The van der Waals surface area contributed by atoms with E-state index in [4.69, 9.17) is 5.73 Å². The van der Waals surface area contributed by atoms with E-state index in [9.17, 15) is 9.59 Å². The van der Waals surface area contributed by atoms with Gasteiger partial charge in [-0.15, -0.1) is 11.3 Å². The number of hydrogen-bond donors (Lipinski definition) is 2. The van der Waals surface area contributed by atoms with Crippen LogP contribution in [-0.2, 0) is 22.6 Å². The normalized spacial score (nSPS) is 17.2. The van der Waals surface area contributed by atoms with Crippen LogP contribution in [0.2, 0.25) is 0 Å². The number of hydrogen-bond acceptors (Lipinski definition) is 4. The number of fused-ring (bicyclic) bond motifs is 1. The number of benzene rings is 1. The van der Waals surface area contributed by atoms with Crippen LogP contribution >= 0.6 is 11.3 Å². The Hall–Kier alpha value is -2.18. The first-order valence-corrected chi connectivity index (χ1v) is 9.15. The Morgan fingerprint density at radius 1 is 1.20 bits per heavy atom. The molecule has 5 nitrogen and oxygen atoms in total. The van der Waals surface area contributed by atoms with Crippen molar-refractivity contribution in [3.05, 3.63) is 51.4 Å². The number of carbonyl (C=O) groups excluding carboxylic acids is 2. The van der Waals surface area contributed by atoms with Gasteiger partial charge in [0.05, 0.1) is 17.6 Å². The zero-order valence-electron chi connectivity index (χ0n) is 14.8. The van der Waals surface area contributed by atoms with Crippen molar-refractivity contribution in [2.75, 3.05) is 11.9 Å². The second-order valence-electron chi connectivity index (χ2n) is 6.58. The lowest BCUT2D eigenvalue weighted by Gasteiger charge is -2.34. The van der Waals surface area contributed by atoms with Crippen molar-refractivity contribution in [1.29, 1.82) is 0 Å². The quantitative estimate of drug-likeness (QED) is 0.883. The largest absolute Gasteiger partial charge is 0.368 e. The van der Waals surface area contributed by atoms with Crippen molar-refractivity contribution < 1.29 is 9.59 Å². The van der Waals surface area contributed by atoms with Crippen LogP contribution in [-0.4, -0.2) is 29.3 Å². The molecule has 0 saturated heterocycles. The van der Waals surface area contributed by atoms with Gasteiger partial charge in [-0.2, -0.15) is 0 Å². The first-order chi connectivity index (χ1) is 11.9. The van der Waals surface area contributed by atoms with Crippen LogP contribution in [0, 0.1) is 20.8 Å². The third-order valence-corrected chi connectivity index (χ3v) is 6.19. The average molecular weight is 357 g/mol. The van der Waals surface area contributed by atoms with E-state index >= 15 is 0 Å². The molecule has 0 unspecified atom stereocenters. The summed E-state index contributed by atoms with van der Waals surface area (Å²) < 4.78 is 0. The number of nitrogens with zero attached hydrogens (tertiary/aromatic N) is 1. The predicted molar refractivity (Wildman–Crippen MR) is 101 cm³/mol. The van der Waals surface area contributed by atoms with E-state index in [2.05, 4.69) is 12.2 Å². The molecule has 25 heavy (non-hydrogen) atoms. The second kappa shape index (κ2) is 6.98. The summed E-state index contributed by atoms with van der Waals surface area (Å²) in [6, 6.07) is 7.54. The molecule has 1 aromatic heterocycles. The highest BCUT2D eigenvalue weighted by molar-refractivity contribution is 7.16. The molecule has 2 amide bonds. The minimum Gasteiger partial charge on any atom is -0.368 e. The van der Waals surface area contributed by atoms with Crippen LogP contribution in [0.25, 0.3) is 0 Å². The van der Waals surface area contributed by atoms with Gasteiger partial charge in [0.25, 0.3) is 0 Å². The van der Waals surface area contributed by atoms with Crippen LogP contribution in [0.3, 0.4) is 0 Å². The highest BCUT2D eigenvalue weighted by atomic mass is 32.1. The van der Waals surface area contributed by atoms with Gasteiger partial charge in [-0.3, -0.25) is 14.5 Å². The number of anilines is 1. The first-order valence-electron chi connectivity index (χ1n) is 8.33. The minimum absolute atomic E-state index is 0.116. The summed E-state index contributed by atoms with van der Waals surface area (Å²) in [6.45, 7) is 6.82. The highest BCUT2D eigenvalue weighted by Gasteiger charge is 2.31. The summed E-state index contributed by atoms with van der Waals surface area (Å²) in [5, 5.41) is 3.87. The lowest BCUT2D eigenvalue weighted by molar-refractivity contribution is -0.125. The van der Waals surface area contributed by atoms with Crippen LogP contribution in [0.15, 0.2) is 24.3 Å². The Bertz CT molecular complexity index is 828. The number of nitrogens with two attached hydrogens (primary N) is 1. The van der Waals surface area contributed by atoms with Crippen molar-refractivity contribution in [3.63, 3.8) is 0 Å². The minimum atomic E-state index is -0.450. The van der Waals surface area contributed by atoms with E-state index in [0.29, 0.717) is 13.0 Å². The average Bonchev–Trinajstić information content (AvgIpc) is 2.81. The first kappa shape index (κ1) is 17.6. The molecular formula is C19H23N3O2S. The van der Waals surface area contributed by atoms with Gasteiger partial charge in [0, 0.05) is 11.4 Å². The number of amides is 2. The molecule has 0 aliphatic carbocycles. The zero-order valence-corrected chi connectivity index (χ0v) is 15.6. The molecule has 1 aliphatic rings. The third-order valence-electron chi connectivity index (χ3n) is 4.96. The summed E-state index contributed by atoms with van der Waals surface area (Å²) >= 11 is 1.58. The molecule has 1 aliphatic heterocycles. The summed E-state index contributed by atoms with van der Waals surface area (Å²) in [7, 11) is 0. The number of thiophene rings is 1. The monoisotopic (exact) mass is 357 g/mol. The van der Waals surface area contributed by atoms with E-state index in [1.807, 2.05) is 43.0 Å². The smallest absolute Gasteiger partial charge is 0.239 e. The maximum absolute atomic E-state index is 12.5. The number of rotatable bonds is 4. The lowest BCUT2D eigenvalue weighted by atomic mass is 9.93. The molecular weight excluding hydrogens is 334 g/mol. The van der Waals surface area contributed by atoms with Gasteiger partial charge in [0.15, 0.2) is 0 Å². The Labute approximate surface area is 151 Å². The molecule has 3 N–H and O–H groups in total. The summed E-state index contributed by atoms with van der Waals surface area (Å²) in [5.41, 5.74) is 10.2. The van der Waals surface area contributed by atoms with E-state index in [1.54, 1.807) is 11.3 Å². The summed E-state index contributed by atoms with van der Waals surface area (Å²) in [5.74, 6) is -0.503. The van der Waals surface area contributed by atoms with Crippen molar-refractivity contribution in [2.45, 2.75) is 39.8 Å². The Balaban J connectivity index is 1.75. The van der Waals surface area contributed by atoms with Gasteiger partial charge in [0.1, 0.15) is 0 Å². The maximum atomic E-state index is 12.5. The van der Waals surface area contributed by atoms with Gasteiger partial charge in [0.2, 0.25) is 11.8 Å². The molecule has 1 atom stereocenters. The van der Waals surface area contributed by atoms with Gasteiger partial charge in [-0.25, -0.2) is 0 Å². The van der Waals surface area contributed by atoms with Crippen molar-refractivity contribution in [3.8, 4) is 0 Å². The van der Waals surface area contributed by atoms with Gasteiger partial charge < -0.3 is 11.1 Å². The fourth-order valence-electron chi connectivity index (χ4n) is 3.23. The maximum Gasteiger partial charge on any atom is 0.239 e. The lowest BCUT2D eigenvalue weighted by Crippen LogP contribution is -2.50. The van der Waals surface area contributed by atoms with Gasteiger partial charge in [-0.1, -0.05) is 24.3 Å².